The normalized spacial score (nSPS) is 18.4. The van der Waals surface area contributed by atoms with Gasteiger partial charge in [-0.05, 0) is 25.2 Å². The molecule has 1 unspecified atom stereocenters. The van der Waals surface area contributed by atoms with Gasteiger partial charge in [0, 0.05) is 0 Å². The fourth-order valence-electron chi connectivity index (χ4n) is 2.48. The van der Waals surface area contributed by atoms with E-state index in [9.17, 15) is 0 Å². The maximum absolute atomic E-state index is 4.12. The second-order valence-corrected chi connectivity index (χ2v) is 4.77. The number of hydrogen-bond donors (Lipinski definition) is 0. The highest BCUT2D eigenvalue weighted by Gasteiger charge is 2.21. The summed E-state index contributed by atoms with van der Waals surface area (Å²) in [4.78, 5) is 0. The molecule has 0 aromatic rings. The van der Waals surface area contributed by atoms with E-state index in [1.54, 1.807) is 0 Å². The van der Waals surface area contributed by atoms with Crippen molar-refractivity contribution >= 4 is 0 Å². The average Bonchev–Trinajstić information content (AvgIpc) is 2.85. The Balaban J connectivity index is 0.00000121. The molecule has 0 aliphatic heterocycles. The first kappa shape index (κ1) is 16.2. The highest BCUT2D eigenvalue weighted by molar-refractivity contribution is 5.19. The fourth-order valence-corrected chi connectivity index (χ4v) is 2.48. The molecule has 0 nitrogen and oxygen atoms in total. The molecule has 0 spiro atoms. The van der Waals surface area contributed by atoms with Gasteiger partial charge in [-0.2, -0.15) is 0 Å². The molecule has 1 saturated carbocycles. The molecule has 0 amide bonds. The van der Waals surface area contributed by atoms with Crippen LogP contribution in [0.4, 0.5) is 0 Å². The summed E-state index contributed by atoms with van der Waals surface area (Å²) in [6, 6.07) is 0. The molecule has 0 bridgehead atoms. The first-order valence-corrected chi connectivity index (χ1v) is 7.21. The van der Waals surface area contributed by atoms with E-state index in [1.807, 2.05) is 26.8 Å². The van der Waals surface area contributed by atoms with Crippen molar-refractivity contribution in [3.63, 3.8) is 0 Å². The van der Waals surface area contributed by atoms with Crippen LogP contribution in [0.25, 0.3) is 0 Å². The molecule has 0 radical (unpaired) electrons. The van der Waals surface area contributed by atoms with Crippen molar-refractivity contribution in [3.8, 4) is 0 Å². The zero-order valence-corrected chi connectivity index (χ0v) is 12.2. The summed E-state index contributed by atoms with van der Waals surface area (Å²) in [6.45, 7) is 12.5. The molecule has 0 heteroatoms. The third-order valence-corrected chi connectivity index (χ3v) is 3.42. The van der Waals surface area contributed by atoms with Gasteiger partial charge in [-0.3, -0.25) is 0 Å². The quantitative estimate of drug-likeness (QED) is 0.518. The summed E-state index contributed by atoms with van der Waals surface area (Å²) in [5.74, 6) is 1.77. The smallest absolute Gasteiger partial charge is 0.0256 e. The maximum Gasteiger partial charge on any atom is -0.0256 e. The predicted molar refractivity (Wildman–Crippen MR) is 80.2 cm³/mol. The molecule has 0 saturated heterocycles. The lowest BCUT2D eigenvalue weighted by atomic mass is 9.87. The Morgan fingerprint density at radius 3 is 2.35 bits per heavy atom. The van der Waals surface area contributed by atoms with Crippen molar-refractivity contribution in [1.82, 2.24) is 0 Å². The highest BCUT2D eigenvalue weighted by atomic mass is 14.3. The van der Waals surface area contributed by atoms with Gasteiger partial charge in [0.2, 0.25) is 0 Å². The molecule has 1 atom stereocenters. The minimum absolute atomic E-state index is 0.815. The minimum Gasteiger partial charge on any atom is -0.0958 e. The van der Waals surface area contributed by atoms with Crippen LogP contribution in [0, 0.1) is 11.8 Å². The summed E-state index contributed by atoms with van der Waals surface area (Å²) in [5.41, 5.74) is 1.27. The van der Waals surface area contributed by atoms with Gasteiger partial charge in [0.25, 0.3) is 0 Å². The first-order valence-electron chi connectivity index (χ1n) is 7.21. The van der Waals surface area contributed by atoms with Crippen LogP contribution >= 0.6 is 0 Å². The van der Waals surface area contributed by atoms with Gasteiger partial charge >= 0.3 is 0 Å². The minimum atomic E-state index is 0.815. The van der Waals surface area contributed by atoms with E-state index in [2.05, 4.69) is 31.7 Å². The van der Waals surface area contributed by atoms with Crippen molar-refractivity contribution in [1.29, 1.82) is 0 Å². The largest absolute Gasteiger partial charge is 0.0958 e. The SMILES string of the molecule is C=C(/C=C\C=C/C)CC(C)C1CCCC1.CC. The molecule has 1 rings (SSSR count). The number of allylic oxidation sites excluding steroid dienone is 5. The molecule has 1 fully saturated rings. The second-order valence-electron chi connectivity index (χ2n) is 4.77. The Kier molecular flexibility index (Phi) is 9.90. The number of rotatable bonds is 5. The molecule has 17 heavy (non-hydrogen) atoms. The Hall–Kier alpha value is -0.780. The van der Waals surface area contributed by atoms with Crippen molar-refractivity contribution in [2.75, 3.05) is 0 Å². The van der Waals surface area contributed by atoms with Gasteiger partial charge in [-0.15, -0.1) is 0 Å². The lowest BCUT2D eigenvalue weighted by molar-refractivity contribution is 0.366. The van der Waals surface area contributed by atoms with Crippen molar-refractivity contribution in [2.24, 2.45) is 11.8 Å². The molecule has 1 aliphatic rings. The predicted octanol–water partition coefficient (Wildman–Crippen LogP) is 5.92. The van der Waals surface area contributed by atoms with Gasteiger partial charge in [-0.25, -0.2) is 0 Å². The van der Waals surface area contributed by atoms with E-state index in [0.717, 1.165) is 11.8 Å². The van der Waals surface area contributed by atoms with Crippen molar-refractivity contribution in [3.05, 3.63) is 36.5 Å². The zero-order valence-electron chi connectivity index (χ0n) is 12.2. The van der Waals surface area contributed by atoms with E-state index in [0.29, 0.717) is 0 Å². The van der Waals surface area contributed by atoms with Gasteiger partial charge in [-0.1, -0.05) is 82.9 Å². The molecular weight excluding hydrogens is 204 g/mol. The van der Waals surface area contributed by atoms with E-state index in [-0.39, 0.29) is 0 Å². The van der Waals surface area contributed by atoms with Crippen LogP contribution in [0.5, 0.6) is 0 Å². The third kappa shape index (κ3) is 7.20. The summed E-state index contributed by atoms with van der Waals surface area (Å²) in [7, 11) is 0. The standard InChI is InChI=1S/C15H24.C2H6/c1-4-5-6-9-13(2)12-14(3)15-10-7-8-11-15;1-2/h4-6,9,14-15H,2,7-8,10-12H2,1,3H3;1-2H3/b5-4-,9-6-;. The van der Waals surface area contributed by atoms with Crippen LogP contribution < -0.4 is 0 Å². The zero-order chi connectivity index (χ0) is 13.1. The van der Waals surface area contributed by atoms with E-state index >= 15 is 0 Å². The van der Waals surface area contributed by atoms with Gasteiger partial charge in [0.1, 0.15) is 0 Å². The monoisotopic (exact) mass is 234 g/mol. The van der Waals surface area contributed by atoms with Crippen LogP contribution in [-0.4, -0.2) is 0 Å². The Labute approximate surface area is 109 Å². The molecule has 98 valence electrons. The lowest BCUT2D eigenvalue weighted by Gasteiger charge is -2.18. The fraction of sp³-hybridized carbons (Fsp3) is 0.647. The van der Waals surface area contributed by atoms with Crippen LogP contribution in [-0.2, 0) is 0 Å². The van der Waals surface area contributed by atoms with E-state index in [4.69, 9.17) is 0 Å². The first-order chi connectivity index (χ1) is 8.24. The van der Waals surface area contributed by atoms with Gasteiger partial charge < -0.3 is 0 Å². The van der Waals surface area contributed by atoms with Crippen LogP contribution in [0.15, 0.2) is 36.5 Å². The van der Waals surface area contributed by atoms with Crippen LogP contribution in [0.1, 0.15) is 59.8 Å². The molecule has 0 heterocycles. The summed E-state index contributed by atoms with van der Waals surface area (Å²) < 4.78 is 0. The summed E-state index contributed by atoms with van der Waals surface area (Å²) in [5, 5.41) is 0. The van der Waals surface area contributed by atoms with Crippen LogP contribution in [0.2, 0.25) is 0 Å². The molecule has 1 aliphatic carbocycles. The van der Waals surface area contributed by atoms with Gasteiger partial charge in [0.05, 0.1) is 0 Å². The Morgan fingerprint density at radius 1 is 1.24 bits per heavy atom. The van der Waals surface area contributed by atoms with Crippen molar-refractivity contribution in [2.45, 2.75) is 59.8 Å². The average molecular weight is 234 g/mol. The third-order valence-electron chi connectivity index (χ3n) is 3.42. The maximum atomic E-state index is 4.12. The van der Waals surface area contributed by atoms with E-state index < -0.39 is 0 Å². The Morgan fingerprint density at radius 2 is 1.82 bits per heavy atom. The molecular formula is C17H30. The van der Waals surface area contributed by atoms with E-state index in [1.165, 1.54) is 37.7 Å². The van der Waals surface area contributed by atoms with Gasteiger partial charge in [0.15, 0.2) is 0 Å². The summed E-state index contributed by atoms with van der Waals surface area (Å²) in [6.07, 6.45) is 15.3. The Bertz CT molecular complexity index is 239. The molecule has 0 aromatic carbocycles. The topological polar surface area (TPSA) is 0 Å². The second kappa shape index (κ2) is 10.4. The van der Waals surface area contributed by atoms with Crippen LogP contribution in [0.3, 0.4) is 0 Å². The van der Waals surface area contributed by atoms with Crippen molar-refractivity contribution < 1.29 is 0 Å². The summed E-state index contributed by atoms with van der Waals surface area (Å²) >= 11 is 0. The lowest BCUT2D eigenvalue weighted by Crippen LogP contribution is -2.07. The number of hydrogen-bond acceptors (Lipinski definition) is 0. The molecule has 0 N–H and O–H groups in total. The molecule has 0 aromatic heterocycles. The highest BCUT2D eigenvalue weighted by Crippen LogP contribution is 2.34.